The molecule has 0 unspecified atom stereocenters. The second-order valence-corrected chi connectivity index (χ2v) is 10.1. The Kier molecular flexibility index (Phi) is 5.59. The van der Waals surface area contributed by atoms with Crippen LogP contribution in [0.3, 0.4) is 0 Å². The molecular formula is C30H28FN3O3. The van der Waals surface area contributed by atoms with Crippen LogP contribution in [0.2, 0.25) is 0 Å². The number of pyridine rings is 1. The minimum absolute atomic E-state index is 0.0148. The second-order valence-electron chi connectivity index (χ2n) is 10.1. The van der Waals surface area contributed by atoms with Gasteiger partial charge in [0.05, 0.1) is 23.2 Å². The Labute approximate surface area is 214 Å². The largest absolute Gasteiger partial charge is 0.481 e. The molecule has 0 spiro atoms. The van der Waals surface area contributed by atoms with E-state index in [0.717, 1.165) is 17.6 Å². The molecule has 1 fully saturated rings. The third-order valence-electron chi connectivity index (χ3n) is 7.90. The molecule has 6 rings (SSSR count). The summed E-state index contributed by atoms with van der Waals surface area (Å²) in [7, 11) is 0. The summed E-state index contributed by atoms with van der Waals surface area (Å²) in [6.45, 7) is 4.74. The van der Waals surface area contributed by atoms with Gasteiger partial charge in [-0.05, 0) is 79.1 Å². The van der Waals surface area contributed by atoms with Crippen molar-refractivity contribution in [3.8, 4) is 11.3 Å². The zero-order valence-electron chi connectivity index (χ0n) is 20.8. The molecule has 3 heterocycles. The van der Waals surface area contributed by atoms with Gasteiger partial charge in [-0.1, -0.05) is 37.3 Å². The highest BCUT2D eigenvalue weighted by Gasteiger charge is 2.44. The number of carbonyl (C=O) groups excluding carboxylic acids is 1. The van der Waals surface area contributed by atoms with Crippen molar-refractivity contribution < 1.29 is 19.1 Å². The van der Waals surface area contributed by atoms with Gasteiger partial charge in [0.25, 0.3) is 5.91 Å². The van der Waals surface area contributed by atoms with Gasteiger partial charge in [-0.3, -0.25) is 9.59 Å². The van der Waals surface area contributed by atoms with Gasteiger partial charge in [0.15, 0.2) is 0 Å². The van der Waals surface area contributed by atoms with Crippen LogP contribution in [0.1, 0.15) is 65.0 Å². The van der Waals surface area contributed by atoms with Crippen molar-refractivity contribution >= 4 is 17.4 Å². The summed E-state index contributed by atoms with van der Waals surface area (Å²) in [4.78, 5) is 26.8. The van der Waals surface area contributed by atoms with Crippen LogP contribution in [0, 0.1) is 11.7 Å². The van der Waals surface area contributed by atoms with Crippen molar-refractivity contribution in [2.75, 3.05) is 6.54 Å². The summed E-state index contributed by atoms with van der Waals surface area (Å²) >= 11 is 0. The highest BCUT2D eigenvalue weighted by Crippen LogP contribution is 2.48. The number of carboxylic acid groups (broad SMARTS) is 1. The van der Waals surface area contributed by atoms with E-state index in [9.17, 15) is 14.7 Å². The second kappa shape index (κ2) is 8.83. The smallest absolute Gasteiger partial charge is 0.307 e. The molecule has 188 valence electrons. The average Bonchev–Trinajstić information content (AvgIpc) is 3.60. The molecule has 0 saturated heterocycles. The Balaban J connectivity index is 1.32. The first-order valence-electron chi connectivity index (χ1n) is 12.8. The lowest BCUT2D eigenvalue weighted by atomic mass is 9.93. The zero-order chi connectivity index (χ0) is 25.8. The van der Waals surface area contributed by atoms with Crippen molar-refractivity contribution in [2.45, 2.75) is 45.1 Å². The van der Waals surface area contributed by atoms with E-state index in [4.69, 9.17) is 0 Å². The minimum Gasteiger partial charge on any atom is -0.481 e. The molecule has 2 aromatic carbocycles. The third-order valence-corrected chi connectivity index (χ3v) is 7.90. The normalized spacial score (nSPS) is 20.6. The van der Waals surface area contributed by atoms with Crippen molar-refractivity contribution in [1.82, 2.24) is 14.5 Å². The average molecular weight is 498 g/mol. The standard InChI is InChI=1S/C30H28FN3O3/c1-3-21-12-20(29(35)33-11-10-18-6-4-5-7-23(18)17(33)2)13-22-15-28(32-34(21)22)24-9-8-19(14-27(24)31)25-16-26(25)30(36)37/h4-9,12-15,17,25-26H,3,10-11,16H2,1-2H3,(H,36,37)/t17-,25+,26-/m1/s1. The maximum atomic E-state index is 15.1. The van der Waals surface area contributed by atoms with Gasteiger partial charge in [0, 0.05) is 23.4 Å². The van der Waals surface area contributed by atoms with Gasteiger partial charge in [-0.15, -0.1) is 0 Å². The van der Waals surface area contributed by atoms with E-state index in [1.807, 2.05) is 36.1 Å². The molecule has 1 aliphatic heterocycles. The van der Waals surface area contributed by atoms with Gasteiger partial charge < -0.3 is 10.0 Å². The quantitative estimate of drug-likeness (QED) is 0.387. The fourth-order valence-corrected chi connectivity index (χ4v) is 5.70. The van der Waals surface area contributed by atoms with E-state index in [0.29, 0.717) is 41.8 Å². The van der Waals surface area contributed by atoms with E-state index < -0.39 is 17.7 Å². The first-order valence-corrected chi connectivity index (χ1v) is 12.8. The number of aromatic nitrogens is 2. The summed E-state index contributed by atoms with van der Waals surface area (Å²) in [6.07, 6.45) is 2.03. The molecule has 1 N–H and O–H groups in total. The number of carboxylic acids is 1. The fourth-order valence-electron chi connectivity index (χ4n) is 5.70. The van der Waals surface area contributed by atoms with Crippen LogP contribution >= 0.6 is 0 Å². The Bertz CT molecular complexity index is 1560. The maximum Gasteiger partial charge on any atom is 0.307 e. The summed E-state index contributed by atoms with van der Waals surface area (Å²) < 4.78 is 16.9. The molecule has 2 aliphatic rings. The number of rotatable bonds is 5. The third kappa shape index (κ3) is 3.99. The Morgan fingerprint density at radius 2 is 1.92 bits per heavy atom. The molecule has 0 bridgehead atoms. The zero-order valence-corrected chi connectivity index (χ0v) is 20.8. The number of benzene rings is 2. The van der Waals surface area contributed by atoms with Gasteiger partial charge >= 0.3 is 5.97 Å². The van der Waals surface area contributed by atoms with E-state index in [-0.39, 0.29) is 17.9 Å². The number of amides is 1. The molecule has 2 aromatic heterocycles. The van der Waals surface area contributed by atoms with Gasteiger partial charge in [0.1, 0.15) is 5.82 Å². The predicted octanol–water partition coefficient (Wildman–Crippen LogP) is 5.65. The van der Waals surface area contributed by atoms with Gasteiger partial charge in [-0.2, -0.15) is 5.10 Å². The molecule has 6 nitrogen and oxygen atoms in total. The van der Waals surface area contributed by atoms with Crippen LogP contribution in [0.15, 0.2) is 60.7 Å². The van der Waals surface area contributed by atoms with Crippen LogP contribution in [0.25, 0.3) is 16.8 Å². The highest BCUT2D eigenvalue weighted by molar-refractivity contribution is 5.96. The molecule has 1 amide bonds. The summed E-state index contributed by atoms with van der Waals surface area (Å²) in [6, 6.07) is 18.7. The van der Waals surface area contributed by atoms with E-state index in [1.54, 1.807) is 22.7 Å². The van der Waals surface area contributed by atoms with Crippen LogP contribution < -0.4 is 0 Å². The van der Waals surface area contributed by atoms with Crippen molar-refractivity contribution in [3.63, 3.8) is 0 Å². The molecule has 1 aliphatic carbocycles. The lowest BCUT2D eigenvalue weighted by molar-refractivity contribution is -0.138. The van der Waals surface area contributed by atoms with E-state index >= 15 is 4.39 Å². The fraction of sp³-hybridized carbons (Fsp3) is 0.300. The molecular weight excluding hydrogens is 469 g/mol. The Morgan fingerprint density at radius 1 is 1.11 bits per heavy atom. The predicted molar refractivity (Wildman–Crippen MR) is 138 cm³/mol. The number of aryl methyl sites for hydroxylation is 1. The first kappa shape index (κ1) is 23.4. The number of hydrogen-bond donors (Lipinski definition) is 1. The molecule has 4 aromatic rings. The number of hydrogen-bond acceptors (Lipinski definition) is 3. The van der Waals surface area contributed by atoms with Gasteiger partial charge in [-0.25, -0.2) is 8.91 Å². The lowest BCUT2D eigenvalue weighted by Crippen LogP contribution is -2.38. The molecule has 37 heavy (non-hydrogen) atoms. The lowest BCUT2D eigenvalue weighted by Gasteiger charge is -2.35. The van der Waals surface area contributed by atoms with Crippen LogP contribution in [-0.4, -0.2) is 38.0 Å². The Hall–Kier alpha value is -4.00. The van der Waals surface area contributed by atoms with Crippen LogP contribution in [0.4, 0.5) is 4.39 Å². The molecule has 1 saturated carbocycles. The topological polar surface area (TPSA) is 74.9 Å². The number of nitrogens with zero attached hydrogens (tertiary/aromatic N) is 3. The minimum atomic E-state index is -0.838. The van der Waals surface area contributed by atoms with Gasteiger partial charge in [0.2, 0.25) is 0 Å². The first-order chi connectivity index (χ1) is 17.9. The van der Waals surface area contributed by atoms with Crippen LogP contribution in [-0.2, 0) is 17.6 Å². The summed E-state index contributed by atoms with van der Waals surface area (Å²) in [5, 5.41) is 13.8. The number of fused-ring (bicyclic) bond motifs is 2. The van der Waals surface area contributed by atoms with E-state index in [2.05, 4.69) is 24.2 Å². The van der Waals surface area contributed by atoms with Crippen LogP contribution in [0.5, 0.6) is 0 Å². The highest BCUT2D eigenvalue weighted by atomic mass is 19.1. The summed E-state index contributed by atoms with van der Waals surface area (Å²) in [5.41, 5.74) is 6.23. The number of halogens is 1. The summed E-state index contributed by atoms with van der Waals surface area (Å²) in [5.74, 6) is -1.84. The number of aliphatic carboxylic acids is 1. The molecule has 7 heteroatoms. The number of carbonyl (C=O) groups is 2. The molecule has 0 radical (unpaired) electrons. The Morgan fingerprint density at radius 3 is 2.65 bits per heavy atom. The SMILES string of the molecule is CCc1cc(C(=O)N2CCc3ccccc3[C@H]2C)cc2cc(-c3ccc([C@@H]4C[C@H]4C(=O)O)cc3F)nn12. The van der Waals surface area contributed by atoms with Crippen molar-refractivity contribution in [2.24, 2.45) is 5.92 Å². The van der Waals surface area contributed by atoms with E-state index in [1.165, 1.54) is 17.2 Å². The maximum absolute atomic E-state index is 15.1. The van der Waals surface area contributed by atoms with Crippen molar-refractivity contribution in [1.29, 1.82) is 0 Å². The molecule has 3 atom stereocenters. The monoisotopic (exact) mass is 497 g/mol. The van der Waals surface area contributed by atoms with Crippen molar-refractivity contribution in [3.05, 3.63) is 94.4 Å².